The molecule has 1 fully saturated rings. The Bertz CT molecular complexity index is 246. The molecule has 2 heteroatoms. The van der Waals surface area contributed by atoms with Crippen molar-refractivity contribution in [2.75, 3.05) is 13.2 Å². The highest BCUT2D eigenvalue weighted by molar-refractivity contribution is 5.01. The van der Waals surface area contributed by atoms with E-state index in [9.17, 15) is 5.26 Å². The van der Waals surface area contributed by atoms with Crippen molar-refractivity contribution in [1.82, 2.24) is 0 Å². The predicted molar refractivity (Wildman–Crippen MR) is 70.6 cm³/mol. The van der Waals surface area contributed by atoms with E-state index >= 15 is 0 Å². The summed E-state index contributed by atoms with van der Waals surface area (Å²) in [6.45, 7) is 8.23. The molecule has 1 saturated carbocycles. The largest absolute Gasteiger partial charge is 0.382 e. The van der Waals surface area contributed by atoms with Crippen LogP contribution in [0.4, 0.5) is 0 Å². The fourth-order valence-corrected chi connectivity index (χ4v) is 2.93. The lowest BCUT2D eigenvalue weighted by molar-refractivity contribution is 0.116. The lowest BCUT2D eigenvalue weighted by atomic mass is 9.67. The van der Waals surface area contributed by atoms with Crippen molar-refractivity contribution in [3.8, 4) is 6.07 Å². The summed E-state index contributed by atoms with van der Waals surface area (Å²) in [5.41, 5.74) is -0.0392. The topological polar surface area (TPSA) is 33.0 Å². The van der Waals surface area contributed by atoms with Gasteiger partial charge in [-0.15, -0.1) is 0 Å². The van der Waals surface area contributed by atoms with Gasteiger partial charge in [0, 0.05) is 13.2 Å². The molecule has 0 unspecified atom stereocenters. The monoisotopic (exact) mass is 237 g/mol. The van der Waals surface area contributed by atoms with Crippen molar-refractivity contribution in [3.05, 3.63) is 0 Å². The molecule has 0 radical (unpaired) electrons. The Labute approximate surface area is 106 Å². The van der Waals surface area contributed by atoms with Crippen LogP contribution in [0, 0.1) is 28.6 Å². The van der Waals surface area contributed by atoms with Crippen molar-refractivity contribution < 1.29 is 4.74 Å². The van der Waals surface area contributed by atoms with E-state index in [1.165, 1.54) is 12.8 Å². The SMILES string of the molecule is CCOCCCC1(C#N)CCC(C(C)C)CC1. The van der Waals surface area contributed by atoms with Gasteiger partial charge in [0.05, 0.1) is 11.5 Å². The summed E-state index contributed by atoms with van der Waals surface area (Å²) < 4.78 is 5.36. The smallest absolute Gasteiger partial charge is 0.0689 e. The Balaban J connectivity index is 2.36. The van der Waals surface area contributed by atoms with Gasteiger partial charge in [-0.05, 0) is 57.3 Å². The summed E-state index contributed by atoms with van der Waals surface area (Å²) in [5.74, 6) is 1.61. The van der Waals surface area contributed by atoms with Crippen LogP contribution in [0.15, 0.2) is 0 Å². The van der Waals surface area contributed by atoms with Crippen LogP contribution in [0.2, 0.25) is 0 Å². The van der Waals surface area contributed by atoms with E-state index in [1.807, 2.05) is 6.92 Å². The van der Waals surface area contributed by atoms with E-state index in [-0.39, 0.29) is 5.41 Å². The summed E-state index contributed by atoms with van der Waals surface area (Å²) in [4.78, 5) is 0. The van der Waals surface area contributed by atoms with E-state index in [0.717, 1.165) is 50.7 Å². The normalized spacial score (nSPS) is 29.2. The Morgan fingerprint density at radius 3 is 2.47 bits per heavy atom. The first-order chi connectivity index (χ1) is 8.13. The van der Waals surface area contributed by atoms with Crippen LogP contribution in [-0.4, -0.2) is 13.2 Å². The van der Waals surface area contributed by atoms with Gasteiger partial charge >= 0.3 is 0 Å². The first-order valence-corrected chi connectivity index (χ1v) is 7.12. The number of hydrogen-bond acceptors (Lipinski definition) is 2. The maximum absolute atomic E-state index is 9.43. The zero-order valence-corrected chi connectivity index (χ0v) is 11.7. The van der Waals surface area contributed by atoms with Crippen molar-refractivity contribution in [2.45, 2.75) is 59.3 Å². The maximum Gasteiger partial charge on any atom is 0.0689 e. The molecule has 0 N–H and O–H groups in total. The fraction of sp³-hybridized carbons (Fsp3) is 0.933. The predicted octanol–water partition coefficient (Wildman–Crippen LogP) is 4.16. The highest BCUT2D eigenvalue weighted by Gasteiger charge is 2.35. The molecule has 0 bridgehead atoms. The molecule has 2 nitrogen and oxygen atoms in total. The van der Waals surface area contributed by atoms with E-state index < -0.39 is 0 Å². The van der Waals surface area contributed by atoms with Gasteiger partial charge in [0.1, 0.15) is 0 Å². The van der Waals surface area contributed by atoms with Crippen molar-refractivity contribution in [3.63, 3.8) is 0 Å². The molecule has 0 spiro atoms. The Morgan fingerprint density at radius 1 is 1.35 bits per heavy atom. The van der Waals surface area contributed by atoms with Gasteiger partial charge in [0.25, 0.3) is 0 Å². The van der Waals surface area contributed by atoms with Crippen LogP contribution in [-0.2, 0) is 4.74 Å². The molecule has 0 heterocycles. The zero-order chi connectivity index (χ0) is 12.7. The summed E-state index contributed by atoms with van der Waals surface area (Å²) in [6, 6.07) is 2.60. The standard InChI is InChI=1S/C15H27NO/c1-4-17-11-5-8-15(12-16)9-6-14(7-10-15)13(2)3/h13-14H,4-11H2,1-3H3. The minimum absolute atomic E-state index is 0.0392. The Hall–Kier alpha value is -0.550. The number of nitrogens with zero attached hydrogens (tertiary/aromatic N) is 1. The minimum atomic E-state index is -0.0392. The maximum atomic E-state index is 9.43. The number of hydrogen-bond donors (Lipinski definition) is 0. The van der Waals surface area contributed by atoms with Crippen LogP contribution in [0.1, 0.15) is 59.3 Å². The number of nitriles is 1. The fourth-order valence-electron chi connectivity index (χ4n) is 2.93. The summed E-state index contributed by atoms with van der Waals surface area (Å²) >= 11 is 0. The van der Waals surface area contributed by atoms with Gasteiger partial charge in [-0.25, -0.2) is 0 Å². The number of ether oxygens (including phenoxy) is 1. The molecule has 0 aromatic rings. The summed E-state index contributed by atoms with van der Waals surface area (Å²) in [5, 5.41) is 9.43. The van der Waals surface area contributed by atoms with E-state index in [4.69, 9.17) is 4.74 Å². The minimum Gasteiger partial charge on any atom is -0.382 e. The van der Waals surface area contributed by atoms with Gasteiger partial charge < -0.3 is 4.74 Å². The molecular weight excluding hydrogens is 210 g/mol. The zero-order valence-electron chi connectivity index (χ0n) is 11.7. The molecule has 98 valence electrons. The van der Waals surface area contributed by atoms with Gasteiger partial charge in [0.2, 0.25) is 0 Å². The molecule has 0 aromatic heterocycles. The molecule has 0 saturated heterocycles. The van der Waals surface area contributed by atoms with Crippen molar-refractivity contribution in [2.24, 2.45) is 17.3 Å². The number of rotatable bonds is 6. The summed E-state index contributed by atoms with van der Waals surface area (Å²) in [7, 11) is 0. The molecule has 1 aliphatic carbocycles. The average molecular weight is 237 g/mol. The van der Waals surface area contributed by atoms with E-state index in [1.54, 1.807) is 0 Å². The second kappa shape index (κ2) is 7.01. The van der Waals surface area contributed by atoms with Crippen LogP contribution >= 0.6 is 0 Å². The Kier molecular flexibility index (Phi) is 5.98. The van der Waals surface area contributed by atoms with Crippen LogP contribution in [0.3, 0.4) is 0 Å². The average Bonchev–Trinajstić information content (AvgIpc) is 2.35. The molecular formula is C15H27NO. The van der Waals surface area contributed by atoms with E-state index in [0.29, 0.717) is 0 Å². The second-order valence-corrected chi connectivity index (χ2v) is 5.77. The highest BCUT2D eigenvalue weighted by Crippen LogP contribution is 2.43. The van der Waals surface area contributed by atoms with Crippen LogP contribution in [0.25, 0.3) is 0 Å². The molecule has 17 heavy (non-hydrogen) atoms. The third kappa shape index (κ3) is 4.32. The molecule has 0 amide bonds. The van der Waals surface area contributed by atoms with E-state index in [2.05, 4.69) is 19.9 Å². The van der Waals surface area contributed by atoms with Crippen molar-refractivity contribution >= 4 is 0 Å². The molecule has 0 atom stereocenters. The summed E-state index contributed by atoms with van der Waals surface area (Å²) in [6.07, 6.45) is 6.72. The van der Waals surface area contributed by atoms with Crippen LogP contribution in [0.5, 0.6) is 0 Å². The van der Waals surface area contributed by atoms with Gasteiger partial charge in [0.15, 0.2) is 0 Å². The van der Waals surface area contributed by atoms with Crippen molar-refractivity contribution in [1.29, 1.82) is 5.26 Å². The molecule has 1 aliphatic rings. The molecule has 0 aromatic carbocycles. The molecule has 1 rings (SSSR count). The quantitative estimate of drug-likeness (QED) is 0.650. The Morgan fingerprint density at radius 2 is 2.00 bits per heavy atom. The lowest BCUT2D eigenvalue weighted by Gasteiger charge is -2.36. The highest BCUT2D eigenvalue weighted by atomic mass is 16.5. The lowest BCUT2D eigenvalue weighted by Crippen LogP contribution is -2.28. The van der Waals surface area contributed by atoms with Crippen LogP contribution < -0.4 is 0 Å². The first-order valence-electron chi connectivity index (χ1n) is 7.12. The van der Waals surface area contributed by atoms with Gasteiger partial charge in [-0.3, -0.25) is 0 Å². The third-order valence-corrected chi connectivity index (χ3v) is 4.32. The third-order valence-electron chi connectivity index (χ3n) is 4.32. The second-order valence-electron chi connectivity index (χ2n) is 5.77. The first kappa shape index (κ1) is 14.5. The molecule has 0 aliphatic heterocycles. The van der Waals surface area contributed by atoms with Gasteiger partial charge in [-0.1, -0.05) is 13.8 Å². The van der Waals surface area contributed by atoms with Gasteiger partial charge in [-0.2, -0.15) is 5.26 Å².